The quantitative estimate of drug-likeness (QED) is 0.619. The SMILES string of the molecule is COc1cc(NC(=O)CSc2ccc(-c3cccs3)nn2)cc(OC)c1. The van der Waals surface area contributed by atoms with Crippen LogP contribution in [-0.4, -0.2) is 36.1 Å². The summed E-state index contributed by atoms with van der Waals surface area (Å²) in [7, 11) is 3.13. The summed E-state index contributed by atoms with van der Waals surface area (Å²) in [4.78, 5) is 13.2. The second-order valence-electron chi connectivity index (χ2n) is 5.17. The third-order valence-corrected chi connectivity index (χ3v) is 5.21. The Bertz CT molecular complexity index is 846. The molecule has 0 fully saturated rings. The Morgan fingerprint density at radius 1 is 1.12 bits per heavy atom. The topological polar surface area (TPSA) is 73.3 Å². The van der Waals surface area contributed by atoms with E-state index < -0.39 is 0 Å². The van der Waals surface area contributed by atoms with Crippen molar-refractivity contribution in [1.29, 1.82) is 0 Å². The molecule has 0 radical (unpaired) electrons. The number of hydrogen-bond donors (Lipinski definition) is 1. The molecule has 0 aliphatic heterocycles. The van der Waals surface area contributed by atoms with Gasteiger partial charge in [0.25, 0.3) is 0 Å². The van der Waals surface area contributed by atoms with Crippen LogP contribution in [0.15, 0.2) is 52.9 Å². The van der Waals surface area contributed by atoms with E-state index in [1.54, 1.807) is 43.8 Å². The molecule has 3 aromatic rings. The summed E-state index contributed by atoms with van der Waals surface area (Å²) < 4.78 is 10.4. The summed E-state index contributed by atoms with van der Waals surface area (Å²) in [6, 6.07) is 13.0. The molecule has 1 N–H and O–H groups in total. The van der Waals surface area contributed by atoms with Gasteiger partial charge in [0, 0.05) is 23.9 Å². The highest BCUT2D eigenvalue weighted by molar-refractivity contribution is 7.99. The molecule has 0 atom stereocenters. The summed E-state index contributed by atoms with van der Waals surface area (Å²) in [5.74, 6) is 1.31. The number of ether oxygens (including phenoxy) is 2. The maximum Gasteiger partial charge on any atom is 0.234 e. The van der Waals surface area contributed by atoms with Gasteiger partial charge in [-0.25, -0.2) is 0 Å². The van der Waals surface area contributed by atoms with Crippen molar-refractivity contribution >= 4 is 34.7 Å². The van der Waals surface area contributed by atoms with E-state index in [1.165, 1.54) is 11.8 Å². The number of anilines is 1. The molecule has 1 amide bonds. The second kappa shape index (κ2) is 8.68. The Hall–Kier alpha value is -2.58. The lowest BCUT2D eigenvalue weighted by Crippen LogP contribution is -2.14. The number of carbonyl (C=O) groups excluding carboxylic acids is 1. The Kier molecular flexibility index (Phi) is 6.08. The van der Waals surface area contributed by atoms with Gasteiger partial charge >= 0.3 is 0 Å². The summed E-state index contributed by atoms with van der Waals surface area (Å²) in [6.07, 6.45) is 0. The van der Waals surface area contributed by atoms with E-state index in [0.29, 0.717) is 22.2 Å². The monoisotopic (exact) mass is 387 g/mol. The van der Waals surface area contributed by atoms with Crippen LogP contribution in [0.3, 0.4) is 0 Å². The molecule has 0 aliphatic carbocycles. The first-order valence-corrected chi connectivity index (χ1v) is 9.58. The van der Waals surface area contributed by atoms with Gasteiger partial charge in [0.15, 0.2) is 0 Å². The Morgan fingerprint density at radius 3 is 2.46 bits per heavy atom. The molecule has 26 heavy (non-hydrogen) atoms. The molecule has 1 aromatic carbocycles. The van der Waals surface area contributed by atoms with Crippen LogP contribution in [0.4, 0.5) is 5.69 Å². The van der Waals surface area contributed by atoms with Crippen molar-refractivity contribution in [3.8, 4) is 22.1 Å². The minimum Gasteiger partial charge on any atom is -0.497 e. The fraction of sp³-hybridized carbons (Fsp3) is 0.167. The zero-order chi connectivity index (χ0) is 18.4. The molecule has 0 spiro atoms. The van der Waals surface area contributed by atoms with E-state index in [-0.39, 0.29) is 11.7 Å². The van der Waals surface area contributed by atoms with Crippen molar-refractivity contribution in [1.82, 2.24) is 10.2 Å². The molecule has 0 saturated heterocycles. The summed E-state index contributed by atoms with van der Waals surface area (Å²) in [5.41, 5.74) is 1.45. The molecule has 6 nitrogen and oxygen atoms in total. The van der Waals surface area contributed by atoms with Gasteiger partial charge in [0.1, 0.15) is 22.2 Å². The van der Waals surface area contributed by atoms with Crippen LogP contribution in [0.2, 0.25) is 0 Å². The second-order valence-corrected chi connectivity index (χ2v) is 7.12. The van der Waals surface area contributed by atoms with Crippen LogP contribution in [0.25, 0.3) is 10.6 Å². The van der Waals surface area contributed by atoms with E-state index in [1.807, 2.05) is 29.6 Å². The van der Waals surface area contributed by atoms with Gasteiger partial charge in [-0.1, -0.05) is 17.8 Å². The third kappa shape index (κ3) is 4.74. The van der Waals surface area contributed by atoms with E-state index in [2.05, 4.69) is 15.5 Å². The van der Waals surface area contributed by atoms with Crippen LogP contribution in [-0.2, 0) is 4.79 Å². The van der Waals surface area contributed by atoms with Crippen LogP contribution in [0, 0.1) is 0 Å². The average molecular weight is 387 g/mol. The predicted octanol–water partition coefficient (Wildman–Crippen LogP) is 3.95. The minimum atomic E-state index is -0.144. The molecule has 0 bridgehead atoms. The number of hydrogen-bond acceptors (Lipinski definition) is 7. The minimum absolute atomic E-state index is 0.144. The maximum atomic E-state index is 12.2. The van der Waals surface area contributed by atoms with Gasteiger partial charge < -0.3 is 14.8 Å². The Labute approximate surface area is 159 Å². The summed E-state index contributed by atoms with van der Waals surface area (Å²) >= 11 is 2.94. The van der Waals surface area contributed by atoms with Gasteiger partial charge in [-0.3, -0.25) is 4.79 Å². The highest BCUT2D eigenvalue weighted by Crippen LogP contribution is 2.26. The van der Waals surface area contributed by atoms with Crippen molar-refractivity contribution in [2.45, 2.75) is 5.03 Å². The smallest absolute Gasteiger partial charge is 0.234 e. The lowest BCUT2D eigenvalue weighted by molar-refractivity contribution is -0.113. The standard InChI is InChI=1S/C18H17N3O3S2/c1-23-13-8-12(9-14(10-13)24-2)19-17(22)11-26-18-6-5-15(20-21-18)16-4-3-7-25-16/h3-10H,11H2,1-2H3,(H,19,22). The van der Waals surface area contributed by atoms with Gasteiger partial charge in [-0.05, 0) is 23.6 Å². The molecular formula is C18H17N3O3S2. The number of benzene rings is 1. The number of rotatable bonds is 7. The van der Waals surface area contributed by atoms with E-state index in [9.17, 15) is 4.79 Å². The van der Waals surface area contributed by atoms with E-state index in [0.717, 1.165) is 10.6 Å². The number of amides is 1. The largest absolute Gasteiger partial charge is 0.497 e. The fourth-order valence-corrected chi connectivity index (χ4v) is 3.47. The van der Waals surface area contributed by atoms with Crippen LogP contribution in [0.5, 0.6) is 11.5 Å². The first-order chi connectivity index (χ1) is 12.7. The molecule has 0 unspecified atom stereocenters. The lowest BCUT2D eigenvalue weighted by Gasteiger charge is -2.09. The van der Waals surface area contributed by atoms with Gasteiger partial charge in [0.05, 0.1) is 24.8 Å². The number of methoxy groups -OCH3 is 2. The predicted molar refractivity (Wildman–Crippen MR) is 104 cm³/mol. The highest BCUT2D eigenvalue weighted by atomic mass is 32.2. The van der Waals surface area contributed by atoms with Crippen molar-refractivity contribution in [2.75, 3.05) is 25.3 Å². The van der Waals surface area contributed by atoms with Crippen LogP contribution < -0.4 is 14.8 Å². The molecule has 2 aromatic heterocycles. The summed E-state index contributed by atoms with van der Waals surface area (Å²) in [5, 5.41) is 13.9. The Balaban J connectivity index is 1.57. The van der Waals surface area contributed by atoms with E-state index in [4.69, 9.17) is 9.47 Å². The normalized spacial score (nSPS) is 10.4. The number of thiophene rings is 1. The number of thioether (sulfide) groups is 1. The molecule has 0 aliphatic rings. The van der Waals surface area contributed by atoms with Gasteiger partial charge in [-0.2, -0.15) is 0 Å². The van der Waals surface area contributed by atoms with Gasteiger partial charge in [0.2, 0.25) is 5.91 Å². The number of nitrogens with one attached hydrogen (secondary N) is 1. The highest BCUT2D eigenvalue weighted by Gasteiger charge is 2.08. The van der Waals surface area contributed by atoms with Crippen molar-refractivity contribution in [2.24, 2.45) is 0 Å². The molecule has 3 rings (SSSR count). The van der Waals surface area contributed by atoms with Gasteiger partial charge in [-0.15, -0.1) is 21.5 Å². The average Bonchev–Trinajstić information content (AvgIpc) is 3.21. The molecule has 8 heteroatoms. The van der Waals surface area contributed by atoms with E-state index >= 15 is 0 Å². The lowest BCUT2D eigenvalue weighted by atomic mass is 10.2. The molecule has 2 heterocycles. The van der Waals surface area contributed by atoms with Crippen molar-refractivity contribution < 1.29 is 14.3 Å². The van der Waals surface area contributed by atoms with Crippen molar-refractivity contribution in [3.63, 3.8) is 0 Å². The zero-order valence-corrected chi connectivity index (χ0v) is 15.9. The number of nitrogens with zero attached hydrogens (tertiary/aromatic N) is 2. The van der Waals surface area contributed by atoms with Crippen LogP contribution >= 0.6 is 23.1 Å². The number of aromatic nitrogens is 2. The third-order valence-electron chi connectivity index (χ3n) is 3.40. The Morgan fingerprint density at radius 2 is 1.88 bits per heavy atom. The molecular weight excluding hydrogens is 370 g/mol. The molecule has 134 valence electrons. The van der Waals surface area contributed by atoms with Crippen LogP contribution in [0.1, 0.15) is 0 Å². The first-order valence-electron chi connectivity index (χ1n) is 7.71. The first kappa shape index (κ1) is 18.2. The maximum absolute atomic E-state index is 12.2. The number of carbonyl (C=O) groups is 1. The summed E-state index contributed by atoms with van der Waals surface area (Å²) in [6.45, 7) is 0. The zero-order valence-electron chi connectivity index (χ0n) is 14.3. The fourth-order valence-electron chi connectivity index (χ4n) is 2.17. The molecule has 0 saturated carbocycles. The van der Waals surface area contributed by atoms with Crippen molar-refractivity contribution in [3.05, 3.63) is 47.8 Å².